The van der Waals surface area contributed by atoms with Crippen molar-refractivity contribution in [2.75, 3.05) is 24.3 Å². The van der Waals surface area contributed by atoms with Crippen molar-refractivity contribution in [2.45, 2.75) is 46.5 Å². The number of hydrogen-bond acceptors (Lipinski definition) is 4. The average Bonchev–Trinajstić information content (AvgIpc) is 2.77. The summed E-state index contributed by atoms with van der Waals surface area (Å²) in [5.74, 6) is 1.33. The van der Waals surface area contributed by atoms with Gasteiger partial charge in [-0.3, -0.25) is 4.79 Å². The number of nitrogen functional groups attached to an aromatic ring is 1. The first-order valence-corrected chi connectivity index (χ1v) is 11.6. The summed E-state index contributed by atoms with van der Waals surface area (Å²) in [6, 6.07) is 22.4. The van der Waals surface area contributed by atoms with Gasteiger partial charge in [0.05, 0.1) is 0 Å². The summed E-state index contributed by atoms with van der Waals surface area (Å²) in [5.41, 5.74) is 9.27. The monoisotopic (exact) mass is 460 g/mol. The van der Waals surface area contributed by atoms with Crippen LogP contribution in [0.1, 0.15) is 57.0 Å². The van der Waals surface area contributed by atoms with Gasteiger partial charge < -0.3 is 20.5 Å². The Kier molecular flexibility index (Phi) is 7.87. The van der Waals surface area contributed by atoms with Crippen molar-refractivity contribution in [3.63, 3.8) is 0 Å². The fourth-order valence-electron chi connectivity index (χ4n) is 4.22. The molecule has 0 saturated carbocycles. The van der Waals surface area contributed by atoms with E-state index in [1.54, 1.807) is 48.5 Å². The Morgan fingerprint density at radius 2 is 1.26 bits per heavy atom. The number of benzene rings is 3. The fourth-order valence-corrected chi connectivity index (χ4v) is 4.22. The molecule has 0 unspecified atom stereocenters. The zero-order valence-electron chi connectivity index (χ0n) is 20.9. The molecule has 5 heteroatoms. The Bertz CT molecular complexity index is 1060. The highest BCUT2D eigenvalue weighted by Gasteiger charge is 2.27. The number of nitrogens with two attached hydrogens (primary N) is 1. The van der Waals surface area contributed by atoms with E-state index in [0.717, 1.165) is 12.2 Å². The van der Waals surface area contributed by atoms with Gasteiger partial charge in [0.15, 0.2) is 0 Å². The fraction of sp³-hybridized carbons (Fsp3) is 0.345. The number of ether oxygens (including phenoxy) is 2. The maximum Gasteiger partial charge on any atom is 0.255 e. The topological polar surface area (TPSA) is 73.6 Å². The van der Waals surface area contributed by atoms with Crippen molar-refractivity contribution in [1.29, 1.82) is 0 Å². The Morgan fingerprint density at radius 3 is 1.76 bits per heavy atom. The van der Waals surface area contributed by atoms with E-state index < -0.39 is 0 Å². The molecule has 3 rings (SSSR count). The van der Waals surface area contributed by atoms with Crippen molar-refractivity contribution in [3.05, 3.63) is 83.9 Å². The van der Waals surface area contributed by atoms with E-state index >= 15 is 0 Å². The van der Waals surface area contributed by atoms with Gasteiger partial charge in [0.1, 0.15) is 24.7 Å². The Labute approximate surface area is 203 Å². The average molecular weight is 461 g/mol. The maximum atomic E-state index is 12.4. The summed E-state index contributed by atoms with van der Waals surface area (Å²) in [6.45, 7) is 12.2. The molecule has 0 aromatic heterocycles. The lowest BCUT2D eigenvalue weighted by atomic mass is 9.72. The molecule has 0 bridgehead atoms. The molecule has 0 heterocycles. The first-order chi connectivity index (χ1) is 16.0. The first kappa shape index (κ1) is 25.2. The van der Waals surface area contributed by atoms with E-state index in [-0.39, 0.29) is 16.7 Å². The number of carbonyl (C=O) groups excluding carboxylic acids is 1. The second kappa shape index (κ2) is 10.6. The standard InChI is InChI=1S/C29H36N2O3/c1-28(2,3)20-29(4,5)22-8-16-26(17-9-22)34-19-18-33-25-14-6-21(7-15-25)27(32)31-24-12-10-23(30)11-13-24/h6-17H,18-20,30H2,1-5H3,(H,31,32). The van der Waals surface area contributed by atoms with Gasteiger partial charge in [-0.1, -0.05) is 46.8 Å². The van der Waals surface area contributed by atoms with E-state index in [4.69, 9.17) is 15.2 Å². The Balaban J connectivity index is 1.44. The van der Waals surface area contributed by atoms with E-state index in [1.165, 1.54) is 5.56 Å². The van der Waals surface area contributed by atoms with Crippen LogP contribution in [-0.2, 0) is 5.41 Å². The zero-order chi connectivity index (χ0) is 24.8. The second-order valence-electron chi connectivity index (χ2n) is 10.4. The SMILES string of the molecule is CC(C)(C)CC(C)(C)c1ccc(OCCOc2ccc(C(=O)Nc3ccc(N)cc3)cc2)cc1. The van der Waals surface area contributed by atoms with E-state index in [1.807, 2.05) is 12.1 Å². The molecule has 5 nitrogen and oxygen atoms in total. The summed E-state index contributed by atoms with van der Waals surface area (Å²) < 4.78 is 11.6. The number of hydrogen-bond donors (Lipinski definition) is 2. The van der Waals surface area contributed by atoms with E-state index in [2.05, 4.69) is 52.1 Å². The van der Waals surface area contributed by atoms with E-state index in [9.17, 15) is 4.79 Å². The van der Waals surface area contributed by atoms with Crippen LogP contribution in [0.5, 0.6) is 11.5 Å². The maximum absolute atomic E-state index is 12.4. The number of carbonyl (C=O) groups is 1. The van der Waals surface area contributed by atoms with Crippen molar-refractivity contribution in [3.8, 4) is 11.5 Å². The highest BCUT2D eigenvalue weighted by Crippen LogP contribution is 2.36. The first-order valence-electron chi connectivity index (χ1n) is 11.6. The van der Waals surface area contributed by atoms with E-state index in [0.29, 0.717) is 35.9 Å². The molecular formula is C29H36N2O3. The van der Waals surface area contributed by atoms with Gasteiger partial charge in [-0.05, 0) is 83.5 Å². The lowest BCUT2D eigenvalue weighted by molar-refractivity contribution is 0.102. The van der Waals surface area contributed by atoms with Crippen LogP contribution in [0.15, 0.2) is 72.8 Å². The molecule has 3 N–H and O–H groups in total. The summed E-state index contributed by atoms with van der Waals surface area (Å²) in [6.07, 6.45) is 1.11. The highest BCUT2D eigenvalue weighted by atomic mass is 16.5. The molecule has 0 aliphatic rings. The van der Waals surface area contributed by atoms with Crippen molar-refractivity contribution < 1.29 is 14.3 Å². The minimum atomic E-state index is -0.186. The third-order valence-corrected chi connectivity index (χ3v) is 5.51. The van der Waals surface area contributed by atoms with Gasteiger partial charge in [-0.2, -0.15) is 0 Å². The summed E-state index contributed by atoms with van der Waals surface area (Å²) in [7, 11) is 0. The molecular weight excluding hydrogens is 424 g/mol. The molecule has 0 radical (unpaired) electrons. The van der Waals surface area contributed by atoms with Crippen LogP contribution in [0.25, 0.3) is 0 Å². The molecule has 3 aromatic rings. The molecule has 34 heavy (non-hydrogen) atoms. The number of amides is 1. The molecule has 3 aromatic carbocycles. The predicted molar refractivity (Wildman–Crippen MR) is 140 cm³/mol. The Morgan fingerprint density at radius 1 is 0.765 bits per heavy atom. The number of rotatable bonds is 9. The minimum Gasteiger partial charge on any atom is -0.490 e. The molecule has 180 valence electrons. The van der Waals surface area contributed by atoms with Crippen LogP contribution in [0, 0.1) is 5.41 Å². The third kappa shape index (κ3) is 7.55. The van der Waals surface area contributed by atoms with Crippen LogP contribution in [-0.4, -0.2) is 19.1 Å². The molecule has 1 amide bonds. The quantitative estimate of drug-likeness (QED) is 0.275. The molecule has 0 spiro atoms. The zero-order valence-corrected chi connectivity index (χ0v) is 20.9. The number of anilines is 2. The molecule has 0 aliphatic carbocycles. The van der Waals surface area contributed by atoms with Crippen LogP contribution < -0.4 is 20.5 Å². The summed E-state index contributed by atoms with van der Waals surface area (Å²) in [5, 5.41) is 2.84. The minimum absolute atomic E-state index is 0.109. The lowest BCUT2D eigenvalue weighted by Gasteiger charge is -2.33. The van der Waals surface area contributed by atoms with Gasteiger partial charge in [-0.25, -0.2) is 0 Å². The molecule has 0 fully saturated rings. The lowest BCUT2D eigenvalue weighted by Crippen LogP contribution is -2.24. The normalized spacial score (nSPS) is 11.7. The van der Waals surface area contributed by atoms with Gasteiger partial charge >= 0.3 is 0 Å². The third-order valence-electron chi connectivity index (χ3n) is 5.51. The van der Waals surface area contributed by atoms with Crippen LogP contribution in [0.4, 0.5) is 11.4 Å². The van der Waals surface area contributed by atoms with Crippen LogP contribution >= 0.6 is 0 Å². The van der Waals surface area contributed by atoms with Crippen molar-refractivity contribution in [1.82, 2.24) is 0 Å². The van der Waals surface area contributed by atoms with Gasteiger partial charge in [0.25, 0.3) is 5.91 Å². The molecule has 0 atom stereocenters. The molecule has 0 aliphatic heterocycles. The highest BCUT2D eigenvalue weighted by molar-refractivity contribution is 6.04. The summed E-state index contributed by atoms with van der Waals surface area (Å²) >= 11 is 0. The summed E-state index contributed by atoms with van der Waals surface area (Å²) in [4.78, 5) is 12.4. The Hall–Kier alpha value is -3.47. The smallest absolute Gasteiger partial charge is 0.255 e. The van der Waals surface area contributed by atoms with Gasteiger partial charge in [0, 0.05) is 16.9 Å². The second-order valence-corrected chi connectivity index (χ2v) is 10.4. The van der Waals surface area contributed by atoms with Crippen molar-refractivity contribution in [2.24, 2.45) is 5.41 Å². The van der Waals surface area contributed by atoms with Crippen LogP contribution in [0.2, 0.25) is 0 Å². The van der Waals surface area contributed by atoms with Gasteiger partial charge in [0.2, 0.25) is 0 Å². The number of nitrogens with one attached hydrogen (secondary N) is 1. The molecule has 0 saturated heterocycles. The predicted octanol–water partition coefficient (Wildman–Crippen LogP) is 6.69. The van der Waals surface area contributed by atoms with Crippen molar-refractivity contribution >= 4 is 17.3 Å². The largest absolute Gasteiger partial charge is 0.490 e. The van der Waals surface area contributed by atoms with Crippen LogP contribution in [0.3, 0.4) is 0 Å². The van der Waals surface area contributed by atoms with Gasteiger partial charge in [-0.15, -0.1) is 0 Å².